The molecule has 0 saturated heterocycles. The minimum Gasteiger partial charge on any atom is -0.194 e. The summed E-state index contributed by atoms with van der Waals surface area (Å²) in [6.45, 7) is 5.60. The van der Waals surface area contributed by atoms with Crippen molar-refractivity contribution in [3.8, 4) is 11.1 Å². The summed E-state index contributed by atoms with van der Waals surface area (Å²) in [4.78, 5) is 0. The third-order valence-corrected chi connectivity index (χ3v) is 5.72. The molecule has 0 aliphatic carbocycles. The summed E-state index contributed by atoms with van der Waals surface area (Å²) in [7, 11) is 0. The highest BCUT2D eigenvalue weighted by Gasteiger charge is 2.58. The molecule has 0 heterocycles. The highest BCUT2D eigenvalue weighted by atomic mass is 19.3. The van der Waals surface area contributed by atoms with E-state index >= 15 is 0 Å². The maximum atomic E-state index is 14.9. The van der Waals surface area contributed by atoms with Gasteiger partial charge in [0.15, 0.2) is 0 Å². The van der Waals surface area contributed by atoms with E-state index in [0.29, 0.717) is 18.4 Å². The zero-order valence-corrected chi connectivity index (χ0v) is 18.7. The average Bonchev–Trinajstić information content (AvgIpc) is 2.83. The highest BCUT2D eigenvalue weighted by Crippen LogP contribution is 2.49. The molecule has 0 radical (unpaired) electrons. The molecular formula is C29H28F4. The van der Waals surface area contributed by atoms with E-state index in [9.17, 15) is 17.6 Å². The van der Waals surface area contributed by atoms with Gasteiger partial charge in [0.05, 0.1) is 0 Å². The van der Waals surface area contributed by atoms with E-state index in [2.05, 4.69) is 12.7 Å². The molecule has 3 aromatic carbocycles. The van der Waals surface area contributed by atoms with E-state index in [1.807, 2.05) is 37.3 Å². The largest absolute Gasteiger partial charge is 0.339 e. The first-order valence-corrected chi connectivity index (χ1v) is 11.1. The minimum atomic E-state index is -4.34. The Morgan fingerprint density at radius 2 is 1.03 bits per heavy atom. The van der Waals surface area contributed by atoms with Crippen molar-refractivity contribution in [1.29, 1.82) is 0 Å². The van der Waals surface area contributed by atoms with Crippen LogP contribution >= 0.6 is 0 Å². The highest BCUT2D eigenvalue weighted by molar-refractivity contribution is 5.64. The lowest BCUT2D eigenvalue weighted by molar-refractivity contribution is -0.223. The van der Waals surface area contributed by atoms with Gasteiger partial charge in [0.1, 0.15) is 0 Å². The molecule has 4 heteroatoms. The van der Waals surface area contributed by atoms with Gasteiger partial charge in [-0.05, 0) is 54.9 Å². The molecule has 0 aromatic heterocycles. The van der Waals surface area contributed by atoms with Crippen LogP contribution in [0.5, 0.6) is 0 Å². The van der Waals surface area contributed by atoms with E-state index in [-0.39, 0.29) is 0 Å². The van der Waals surface area contributed by atoms with Crippen LogP contribution in [-0.4, -0.2) is 0 Å². The van der Waals surface area contributed by atoms with Crippen LogP contribution in [0.3, 0.4) is 0 Å². The van der Waals surface area contributed by atoms with Crippen LogP contribution in [0, 0.1) is 0 Å². The molecule has 33 heavy (non-hydrogen) atoms. The van der Waals surface area contributed by atoms with Gasteiger partial charge in [-0.2, -0.15) is 17.6 Å². The molecule has 0 N–H and O–H groups in total. The van der Waals surface area contributed by atoms with Crippen molar-refractivity contribution < 1.29 is 17.6 Å². The second-order valence-electron chi connectivity index (χ2n) is 8.06. The van der Waals surface area contributed by atoms with E-state index in [0.717, 1.165) is 48.2 Å². The maximum Gasteiger partial charge on any atom is 0.339 e. The summed E-state index contributed by atoms with van der Waals surface area (Å²) in [5, 5.41) is 0. The van der Waals surface area contributed by atoms with Crippen molar-refractivity contribution in [2.45, 2.75) is 44.5 Å². The predicted octanol–water partition coefficient (Wildman–Crippen LogP) is 8.86. The Hall–Kier alpha value is -3.14. The van der Waals surface area contributed by atoms with E-state index in [1.165, 1.54) is 29.8 Å². The summed E-state index contributed by atoms with van der Waals surface area (Å²) >= 11 is 0. The second-order valence-corrected chi connectivity index (χ2v) is 8.06. The first-order chi connectivity index (χ1) is 15.8. The van der Waals surface area contributed by atoms with Crippen molar-refractivity contribution in [2.24, 2.45) is 0 Å². The zero-order chi connectivity index (χ0) is 23.9. The summed E-state index contributed by atoms with van der Waals surface area (Å²) in [6, 6.07) is 18.0. The molecular weight excluding hydrogens is 424 g/mol. The Labute approximate surface area is 193 Å². The molecule has 0 spiro atoms. The van der Waals surface area contributed by atoms with Gasteiger partial charge in [-0.3, -0.25) is 0 Å². The molecule has 0 bridgehead atoms. The number of aryl methyl sites for hydroxylation is 2. The first kappa shape index (κ1) is 24.5. The molecule has 0 aliphatic heterocycles. The molecule has 172 valence electrons. The molecule has 3 rings (SSSR count). The van der Waals surface area contributed by atoms with Gasteiger partial charge in [-0.15, -0.1) is 6.58 Å². The fraction of sp³-hybridized carbons (Fsp3) is 0.241. The van der Waals surface area contributed by atoms with Crippen LogP contribution in [0.25, 0.3) is 11.1 Å². The number of hydrogen-bond donors (Lipinski definition) is 0. The van der Waals surface area contributed by atoms with Crippen molar-refractivity contribution in [3.63, 3.8) is 0 Å². The van der Waals surface area contributed by atoms with Crippen LogP contribution < -0.4 is 0 Å². The first-order valence-electron chi connectivity index (χ1n) is 11.1. The van der Waals surface area contributed by atoms with Crippen molar-refractivity contribution >= 4 is 0 Å². The molecule has 3 aromatic rings. The van der Waals surface area contributed by atoms with E-state index < -0.39 is 23.0 Å². The summed E-state index contributed by atoms with van der Waals surface area (Å²) < 4.78 is 59.4. The van der Waals surface area contributed by atoms with Gasteiger partial charge in [0, 0.05) is 11.1 Å². The van der Waals surface area contributed by atoms with Gasteiger partial charge >= 0.3 is 11.8 Å². The van der Waals surface area contributed by atoms with E-state index in [1.54, 1.807) is 6.08 Å². The number of rotatable bonds is 10. The lowest BCUT2D eigenvalue weighted by atomic mass is 9.93. The third kappa shape index (κ3) is 5.62. The Morgan fingerprint density at radius 3 is 1.48 bits per heavy atom. The molecule has 0 fully saturated rings. The molecule has 0 atom stereocenters. The van der Waals surface area contributed by atoms with Crippen molar-refractivity contribution in [1.82, 2.24) is 0 Å². The number of hydrogen-bond acceptors (Lipinski definition) is 0. The molecule has 0 aliphatic rings. The monoisotopic (exact) mass is 452 g/mol. The molecule has 0 amide bonds. The smallest absolute Gasteiger partial charge is 0.194 e. The van der Waals surface area contributed by atoms with Crippen LogP contribution in [0.2, 0.25) is 0 Å². The number of allylic oxidation sites excluding steroid dienone is 3. The number of halogens is 4. The fourth-order valence-corrected chi connectivity index (χ4v) is 3.66. The Morgan fingerprint density at radius 1 is 0.636 bits per heavy atom. The molecule has 0 nitrogen and oxygen atoms in total. The van der Waals surface area contributed by atoms with Gasteiger partial charge in [0.2, 0.25) is 0 Å². The summed E-state index contributed by atoms with van der Waals surface area (Å²) in [5.74, 6) is -8.68. The van der Waals surface area contributed by atoms with Crippen molar-refractivity contribution in [3.05, 3.63) is 120 Å². The summed E-state index contributed by atoms with van der Waals surface area (Å²) in [6.07, 6.45) is 9.01. The van der Waals surface area contributed by atoms with Crippen molar-refractivity contribution in [2.75, 3.05) is 0 Å². The minimum absolute atomic E-state index is 0.629. The quantitative estimate of drug-likeness (QED) is 0.213. The van der Waals surface area contributed by atoms with Crippen LogP contribution in [0.4, 0.5) is 17.6 Å². The second kappa shape index (κ2) is 10.7. The zero-order valence-electron chi connectivity index (χ0n) is 18.7. The average molecular weight is 453 g/mol. The maximum absolute atomic E-state index is 14.9. The number of alkyl halides is 4. The molecule has 0 unspecified atom stereocenters. The van der Waals surface area contributed by atoms with Crippen LogP contribution in [0.15, 0.2) is 97.6 Å². The van der Waals surface area contributed by atoms with Gasteiger partial charge in [-0.25, -0.2) is 0 Å². The topological polar surface area (TPSA) is 0 Å². The predicted molar refractivity (Wildman–Crippen MR) is 128 cm³/mol. The SMILES string of the molecule is C=CCCc1ccc(C(F)(F)C(F)(F)c2ccc(-c3ccc(CC/C=C/C)cc3)cc2)cc1. The Bertz CT molecular complexity index is 1060. The normalized spacial score (nSPS) is 12.3. The standard InChI is InChI=1S/C29H28F4/c1-3-5-7-9-23-10-14-24(15-11-23)25-16-20-27(21-17-25)29(32,33)28(30,31)26-18-12-22(13-19-26)8-6-4-2/h3-5,10-21H,2,6-9H2,1H3/b5-3+. The Kier molecular flexibility index (Phi) is 7.91. The summed E-state index contributed by atoms with van der Waals surface area (Å²) in [5.41, 5.74) is 2.11. The fourth-order valence-electron chi connectivity index (χ4n) is 3.66. The molecule has 0 saturated carbocycles. The van der Waals surface area contributed by atoms with Gasteiger partial charge in [-0.1, -0.05) is 91.0 Å². The van der Waals surface area contributed by atoms with Crippen LogP contribution in [0.1, 0.15) is 42.0 Å². The third-order valence-electron chi connectivity index (χ3n) is 5.72. The van der Waals surface area contributed by atoms with E-state index in [4.69, 9.17) is 0 Å². The lowest BCUT2D eigenvalue weighted by Crippen LogP contribution is -2.35. The Balaban J connectivity index is 1.77. The lowest BCUT2D eigenvalue weighted by Gasteiger charge is -2.27. The van der Waals surface area contributed by atoms with Crippen LogP contribution in [-0.2, 0) is 24.7 Å². The van der Waals surface area contributed by atoms with Gasteiger partial charge < -0.3 is 0 Å². The number of benzene rings is 3. The van der Waals surface area contributed by atoms with Gasteiger partial charge in [0.25, 0.3) is 0 Å².